The van der Waals surface area contributed by atoms with Gasteiger partial charge in [-0.25, -0.2) is 4.98 Å². The molecule has 2 heterocycles. The van der Waals surface area contributed by atoms with Crippen LogP contribution in [0.1, 0.15) is 0 Å². The van der Waals surface area contributed by atoms with E-state index in [0.717, 1.165) is 36.3 Å². The highest BCUT2D eigenvalue weighted by atomic mass is 16.5. The van der Waals surface area contributed by atoms with Crippen molar-refractivity contribution in [1.82, 2.24) is 10.3 Å². The lowest BCUT2D eigenvalue weighted by Gasteiger charge is -2.24. The summed E-state index contributed by atoms with van der Waals surface area (Å²) in [6.45, 7) is 3.21. The molecule has 5 heteroatoms. The zero-order valence-electron chi connectivity index (χ0n) is 10.6. The van der Waals surface area contributed by atoms with Gasteiger partial charge in [-0.05, 0) is 23.6 Å². The zero-order chi connectivity index (χ0) is 13.1. The molecule has 0 bridgehead atoms. The molecule has 1 atom stereocenters. The third-order valence-electron chi connectivity index (χ3n) is 3.25. The minimum Gasteiger partial charge on any atom is -0.508 e. The maximum Gasteiger partial charge on any atom is 0.134 e. The van der Waals surface area contributed by atoms with E-state index in [9.17, 15) is 5.11 Å². The Morgan fingerprint density at radius 3 is 3.21 bits per heavy atom. The number of hydrogen-bond acceptors (Lipinski definition) is 5. The fraction of sp³-hybridized carbons (Fsp3) is 0.357. The zero-order valence-corrected chi connectivity index (χ0v) is 10.6. The molecule has 0 amide bonds. The second-order valence-corrected chi connectivity index (χ2v) is 4.64. The van der Waals surface area contributed by atoms with Gasteiger partial charge in [0, 0.05) is 31.2 Å². The Hall–Kier alpha value is -1.85. The molecule has 1 unspecified atom stereocenters. The lowest BCUT2D eigenvalue weighted by molar-refractivity contribution is 0.0372. The number of anilines is 1. The maximum absolute atomic E-state index is 9.58. The Balaban J connectivity index is 1.78. The highest BCUT2D eigenvalue weighted by molar-refractivity contribution is 5.92. The Morgan fingerprint density at radius 2 is 2.37 bits per heavy atom. The fourth-order valence-electron chi connectivity index (χ4n) is 2.26. The van der Waals surface area contributed by atoms with Crippen LogP contribution in [0.15, 0.2) is 30.5 Å². The largest absolute Gasteiger partial charge is 0.508 e. The van der Waals surface area contributed by atoms with Gasteiger partial charge in [-0.1, -0.05) is 6.07 Å². The standard InChI is InChI=1S/C14H17N3O2/c18-11-2-1-10-3-4-16-14(13(10)7-11)17-9-12-8-15-5-6-19-12/h1-4,7,12,15,18H,5-6,8-9H2,(H,16,17). The summed E-state index contributed by atoms with van der Waals surface area (Å²) in [4.78, 5) is 4.33. The van der Waals surface area contributed by atoms with Crippen LogP contribution in [0.25, 0.3) is 10.8 Å². The lowest BCUT2D eigenvalue weighted by atomic mass is 10.1. The summed E-state index contributed by atoms with van der Waals surface area (Å²) < 4.78 is 5.63. The second-order valence-electron chi connectivity index (χ2n) is 4.64. The average molecular weight is 259 g/mol. The normalized spacial score (nSPS) is 19.5. The highest BCUT2D eigenvalue weighted by Gasteiger charge is 2.13. The van der Waals surface area contributed by atoms with Crippen LogP contribution >= 0.6 is 0 Å². The van der Waals surface area contributed by atoms with Gasteiger partial charge in [0.2, 0.25) is 0 Å². The smallest absolute Gasteiger partial charge is 0.134 e. The molecule has 0 spiro atoms. The Bertz CT molecular complexity index is 568. The van der Waals surface area contributed by atoms with Crippen LogP contribution in [0.3, 0.4) is 0 Å². The van der Waals surface area contributed by atoms with Crippen molar-refractivity contribution in [2.24, 2.45) is 0 Å². The van der Waals surface area contributed by atoms with Gasteiger partial charge in [0.25, 0.3) is 0 Å². The topological polar surface area (TPSA) is 66.4 Å². The van der Waals surface area contributed by atoms with Crippen LogP contribution in [0.2, 0.25) is 0 Å². The summed E-state index contributed by atoms with van der Waals surface area (Å²) in [5.41, 5.74) is 0. The summed E-state index contributed by atoms with van der Waals surface area (Å²) in [6.07, 6.45) is 1.92. The van der Waals surface area contributed by atoms with E-state index in [1.807, 2.05) is 12.1 Å². The average Bonchev–Trinajstić information content (AvgIpc) is 2.46. The number of morpholine rings is 1. The van der Waals surface area contributed by atoms with Crippen LogP contribution < -0.4 is 10.6 Å². The van der Waals surface area contributed by atoms with Crippen LogP contribution in [0, 0.1) is 0 Å². The van der Waals surface area contributed by atoms with E-state index in [2.05, 4.69) is 15.6 Å². The van der Waals surface area contributed by atoms with Crippen LogP contribution in [0.5, 0.6) is 5.75 Å². The van der Waals surface area contributed by atoms with Gasteiger partial charge >= 0.3 is 0 Å². The van der Waals surface area contributed by atoms with E-state index in [0.29, 0.717) is 6.54 Å². The summed E-state index contributed by atoms with van der Waals surface area (Å²) in [5, 5.41) is 18.1. The molecule has 1 aliphatic heterocycles. The Morgan fingerprint density at radius 1 is 1.42 bits per heavy atom. The van der Waals surface area contributed by atoms with Crippen molar-refractivity contribution in [3.8, 4) is 5.75 Å². The Kier molecular flexibility index (Phi) is 3.48. The van der Waals surface area contributed by atoms with E-state index in [1.54, 1.807) is 18.3 Å². The predicted octanol–water partition coefficient (Wildman–Crippen LogP) is 1.34. The van der Waals surface area contributed by atoms with Gasteiger partial charge in [0.05, 0.1) is 12.7 Å². The van der Waals surface area contributed by atoms with Gasteiger partial charge < -0.3 is 20.5 Å². The Labute approximate surface area is 111 Å². The number of rotatable bonds is 3. The van der Waals surface area contributed by atoms with Gasteiger partial charge in [-0.2, -0.15) is 0 Å². The van der Waals surface area contributed by atoms with Crippen molar-refractivity contribution in [2.45, 2.75) is 6.10 Å². The van der Waals surface area contributed by atoms with E-state index >= 15 is 0 Å². The monoisotopic (exact) mass is 259 g/mol. The summed E-state index contributed by atoms with van der Waals surface area (Å²) in [5.74, 6) is 1.03. The number of ether oxygens (including phenoxy) is 1. The number of aromatic hydroxyl groups is 1. The van der Waals surface area contributed by atoms with Crippen molar-refractivity contribution >= 4 is 16.6 Å². The molecule has 2 aromatic rings. The maximum atomic E-state index is 9.58. The molecule has 100 valence electrons. The molecule has 3 rings (SSSR count). The summed E-state index contributed by atoms with van der Waals surface area (Å²) >= 11 is 0. The SMILES string of the molecule is Oc1ccc2ccnc(NCC3CNCCO3)c2c1. The van der Waals surface area contributed by atoms with Crippen molar-refractivity contribution < 1.29 is 9.84 Å². The van der Waals surface area contributed by atoms with Gasteiger partial charge in [0.1, 0.15) is 11.6 Å². The summed E-state index contributed by atoms with van der Waals surface area (Å²) in [7, 11) is 0. The molecule has 3 N–H and O–H groups in total. The quantitative estimate of drug-likeness (QED) is 0.776. The van der Waals surface area contributed by atoms with Gasteiger partial charge in [-0.3, -0.25) is 0 Å². The third-order valence-corrected chi connectivity index (χ3v) is 3.25. The number of fused-ring (bicyclic) bond motifs is 1. The number of benzene rings is 1. The minimum absolute atomic E-state index is 0.156. The van der Waals surface area contributed by atoms with E-state index in [-0.39, 0.29) is 11.9 Å². The fourth-order valence-corrected chi connectivity index (χ4v) is 2.26. The lowest BCUT2D eigenvalue weighted by Crippen LogP contribution is -2.42. The van der Waals surface area contributed by atoms with Crippen LogP contribution in [-0.4, -0.2) is 42.4 Å². The van der Waals surface area contributed by atoms with E-state index in [4.69, 9.17) is 4.74 Å². The van der Waals surface area contributed by atoms with Crippen LogP contribution in [0.4, 0.5) is 5.82 Å². The third kappa shape index (κ3) is 2.77. The van der Waals surface area contributed by atoms with E-state index < -0.39 is 0 Å². The number of nitrogens with one attached hydrogen (secondary N) is 2. The molecule has 0 aliphatic carbocycles. The van der Waals surface area contributed by atoms with Gasteiger partial charge in [-0.15, -0.1) is 0 Å². The molecule has 5 nitrogen and oxygen atoms in total. The number of hydrogen-bond donors (Lipinski definition) is 3. The molecule has 1 aromatic heterocycles. The molecular weight excluding hydrogens is 242 g/mol. The van der Waals surface area contributed by atoms with Crippen molar-refractivity contribution in [3.63, 3.8) is 0 Å². The van der Waals surface area contributed by atoms with Crippen molar-refractivity contribution in [1.29, 1.82) is 0 Å². The highest BCUT2D eigenvalue weighted by Crippen LogP contribution is 2.25. The van der Waals surface area contributed by atoms with Crippen LogP contribution in [-0.2, 0) is 4.74 Å². The second kappa shape index (κ2) is 5.42. The number of pyridine rings is 1. The van der Waals surface area contributed by atoms with Gasteiger partial charge in [0.15, 0.2) is 0 Å². The minimum atomic E-state index is 0.156. The van der Waals surface area contributed by atoms with E-state index in [1.165, 1.54) is 0 Å². The molecule has 0 saturated carbocycles. The number of phenolic OH excluding ortho intramolecular Hbond substituents is 1. The van der Waals surface area contributed by atoms with Crippen molar-refractivity contribution in [3.05, 3.63) is 30.5 Å². The molecule has 1 fully saturated rings. The number of nitrogens with zero attached hydrogens (tertiary/aromatic N) is 1. The van der Waals surface area contributed by atoms with Crippen molar-refractivity contribution in [2.75, 3.05) is 31.6 Å². The first-order valence-electron chi connectivity index (χ1n) is 6.47. The number of phenols is 1. The molecular formula is C14H17N3O2. The predicted molar refractivity (Wildman–Crippen MR) is 74.5 cm³/mol. The molecule has 0 radical (unpaired) electrons. The molecule has 1 aliphatic rings. The molecule has 19 heavy (non-hydrogen) atoms. The first kappa shape index (κ1) is 12.2. The first-order chi connectivity index (χ1) is 9.33. The molecule has 1 saturated heterocycles. The number of aromatic nitrogens is 1. The molecule has 1 aromatic carbocycles. The first-order valence-corrected chi connectivity index (χ1v) is 6.47. The summed E-state index contributed by atoms with van der Waals surface area (Å²) in [6, 6.07) is 7.22.